The number of hydrogen-bond acceptors (Lipinski definition) is 3. The lowest BCUT2D eigenvalue weighted by molar-refractivity contribution is -0.400. The van der Waals surface area contributed by atoms with Crippen LogP contribution in [0.25, 0.3) is 6.08 Å². The van der Waals surface area contributed by atoms with E-state index in [2.05, 4.69) is 20.9 Å². The molecule has 1 rings (SSSR count). The third kappa shape index (κ3) is 3.12. The number of halogens is 2. The lowest BCUT2D eigenvalue weighted by Gasteiger charge is -1.95. The van der Waals surface area contributed by atoms with Gasteiger partial charge in [0, 0.05) is 16.7 Å². The highest BCUT2D eigenvalue weighted by molar-refractivity contribution is 9.10. The molecule has 0 aliphatic heterocycles. The van der Waals surface area contributed by atoms with Crippen molar-refractivity contribution < 1.29 is 4.92 Å². The van der Waals surface area contributed by atoms with Crippen molar-refractivity contribution in [3.05, 3.63) is 43.8 Å². The van der Waals surface area contributed by atoms with E-state index >= 15 is 0 Å². The molecule has 0 saturated heterocycles. The maximum Gasteiger partial charge on any atom is 0.235 e. The van der Waals surface area contributed by atoms with Gasteiger partial charge in [0.05, 0.1) is 4.92 Å². The molecule has 0 aromatic carbocycles. The molecule has 6 heteroatoms. The van der Waals surface area contributed by atoms with Crippen molar-refractivity contribution in [3.63, 3.8) is 0 Å². The molecule has 68 valence electrons. The summed E-state index contributed by atoms with van der Waals surface area (Å²) in [6.07, 6.45) is 3.68. The third-order valence-corrected chi connectivity index (χ3v) is 2.10. The lowest BCUT2D eigenvalue weighted by Crippen LogP contribution is -1.84. The molecule has 0 radical (unpaired) electrons. The van der Waals surface area contributed by atoms with Crippen LogP contribution in [-0.2, 0) is 0 Å². The van der Waals surface area contributed by atoms with Crippen LogP contribution in [0.4, 0.5) is 0 Å². The number of aromatic nitrogens is 1. The molecule has 0 bridgehead atoms. The van der Waals surface area contributed by atoms with Gasteiger partial charge in [-0.2, -0.15) is 0 Å². The van der Waals surface area contributed by atoms with Gasteiger partial charge >= 0.3 is 0 Å². The minimum absolute atomic E-state index is 0.297. The predicted molar refractivity (Wildman–Crippen MR) is 53.0 cm³/mol. The van der Waals surface area contributed by atoms with E-state index in [-0.39, 0.29) is 0 Å². The highest BCUT2D eigenvalue weighted by Crippen LogP contribution is 2.19. The van der Waals surface area contributed by atoms with Gasteiger partial charge in [-0.25, -0.2) is 4.98 Å². The summed E-state index contributed by atoms with van der Waals surface area (Å²) in [7, 11) is 0. The monoisotopic (exact) mass is 262 g/mol. The Morgan fingerprint density at radius 2 is 2.38 bits per heavy atom. The van der Waals surface area contributed by atoms with E-state index in [0.717, 1.165) is 6.20 Å². The van der Waals surface area contributed by atoms with Gasteiger partial charge in [-0.1, -0.05) is 11.6 Å². The number of pyridine rings is 1. The number of nitro groups is 1. The third-order valence-electron chi connectivity index (χ3n) is 1.23. The van der Waals surface area contributed by atoms with Gasteiger partial charge in [-0.05, 0) is 27.6 Å². The second-order valence-corrected chi connectivity index (χ2v) is 3.37. The summed E-state index contributed by atoms with van der Waals surface area (Å²) >= 11 is 8.78. The predicted octanol–water partition coefficient (Wildman–Crippen LogP) is 2.74. The maximum absolute atomic E-state index is 10.0. The number of nitrogens with zero attached hydrogens (tertiary/aromatic N) is 2. The molecule has 0 N–H and O–H groups in total. The topological polar surface area (TPSA) is 56.0 Å². The van der Waals surface area contributed by atoms with E-state index in [1.54, 1.807) is 0 Å². The van der Waals surface area contributed by atoms with Gasteiger partial charge in [0.2, 0.25) is 6.20 Å². The summed E-state index contributed by atoms with van der Waals surface area (Å²) in [4.78, 5) is 13.3. The highest BCUT2D eigenvalue weighted by Gasteiger charge is 1.99. The first-order valence-corrected chi connectivity index (χ1v) is 4.39. The summed E-state index contributed by atoms with van der Waals surface area (Å²) in [6, 6.07) is 1.53. The Bertz CT molecular complexity index is 368. The zero-order chi connectivity index (χ0) is 9.84. The standard InChI is InChI=1S/C7H4BrClN2O2/c8-6-4-10-7(9)3-5(6)1-2-11(12)13/h1-4H/b2-1+. The van der Waals surface area contributed by atoms with Gasteiger partial charge in [0.15, 0.2) is 0 Å². The van der Waals surface area contributed by atoms with Crippen LogP contribution in [0.5, 0.6) is 0 Å². The maximum atomic E-state index is 10.0. The second kappa shape index (κ2) is 4.34. The summed E-state index contributed by atoms with van der Waals surface area (Å²) in [5, 5.41) is 10.3. The Labute approximate surface area is 87.5 Å². The normalized spacial score (nSPS) is 10.6. The Balaban J connectivity index is 3.00. The molecule has 0 fully saturated rings. The first kappa shape index (κ1) is 10.1. The van der Waals surface area contributed by atoms with Crippen LogP contribution in [0.2, 0.25) is 5.15 Å². The molecule has 1 aromatic heterocycles. The molecule has 0 unspecified atom stereocenters. The van der Waals surface area contributed by atoms with Crippen molar-refractivity contribution >= 4 is 33.6 Å². The zero-order valence-corrected chi connectivity index (χ0v) is 8.62. The molecule has 13 heavy (non-hydrogen) atoms. The minimum Gasteiger partial charge on any atom is -0.259 e. The Kier molecular flexibility index (Phi) is 3.39. The summed E-state index contributed by atoms with van der Waals surface area (Å²) in [5.74, 6) is 0. The van der Waals surface area contributed by atoms with Crippen molar-refractivity contribution in [1.82, 2.24) is 4.98 Å². The minimum atomic E-state index is -0.541. The second-order valence-electron chi connectivity index (χ2n) is 2.13. The molecule has 0 aliphatic rings. The Morgan fingerprint density at radius 3 is 3.00 bits per heavy atom. The van der Waals surface area contributed by atoms with Crippen molar-refractivity contribution in [3.8, 4) is 0 Å². The average molecular weight is 263 g/mol. The van der Waals surface area contributed by atoms with E-state index < -0.39 is 4.92 Å². The quantitative estimate of drug-likeness (QED) is 0.468. The summed E-state index contributed by atoms with van der Waals surface area (Å²) < 4.78 is 0.662. The van der Waals surface area contributed by atoms with Gasteiger partial charge in [-0.15, -0.1) is 0 Å². The van der Waals surface area contributed by atoms with E-state index in [1.165, 1.54) is 18.3 Å². The van der Waals surface area contributed by atoms with Crippen LogP contribution >= 0.6 is 27.5 Å². The van der Waals surface area contributed by atoms with Gasteiger partial charge in [0.25, 0.3) is 0 Å². The molecule has 1 heterocycles. The lowest BCUT2D eigenvalue weighted by atomic mass is 10.3. The molecule has 0 spiro atoms. The molecule has 0 saturated carbocycles. The highest BCUT2D eigenvalue weighted by atomic mass is 79.9. The summed E-state index contributed by atoms with van der Waals surface area (Å²) in [5.41, 5.74) is 0.622. The van der Waals surface area contributed by atoms with Crippen LogP contribution in [0.15, 0.2) is 22.9 Å². The van der Waals surface area contributed by atoms with Crippen LogP contribution < -0.4 is 0 Å². The van der Waals surface area contributed by atoms with Gasteiger partial charge in [-0.3, -0.25) is 10.1 Å². The molecule has 1 aromatic rings. The number of rotatable bonds is 2. The smallest absolute Gasteiger partial charge is 0.235 e. The summed E-state index contributed by atoms with van der Waals surface area (Å²) in [6.45, 7) is 0. The van der Waals surface area contributed by atoms with Crippen molar-refractivity contribution in [2.45, 2.75) is 0 Å². The molecule has 0 aliphatic carbocycles. The fourth-order valence-electron chi connectivity index (χ4n) is 0.696. The van der Waals surface area contributed by atoms with Gasteiger partial charge in [0.1, 0.15) is 5.15 Å². The zero-order valence-electron chi connectivity index (χ0n) is 6.28. The van der Waals surface area contributed by atoms with E-state index in [1.807, 2.05) is 0 Å². The molecule has 4 nitrogen and oxygen atoms in total. The SMILES string of the molecule is O=[N+]([O-])/C=C/c1cc(Cl)ncc1Br. The van der Waals surface area contributed by atoms with Crippen molar-refractivity contribution in [2.75, 3.05) is 0 Å². The van der Waals surface area contributed by atoms with E-state index in [0.29, 0.717) is 15.2 Å². The van der Waals surface area contributed by atoms with E-state index in [9.17, 15) is 10.1 Å². The largest absolute Gasteiger partial charge is 0.259 e. The van der Waals surface area contributed by atoms with Crippen LogP contribution in [-0.4, -0.2) is 9.91 Å². The Morgan fingerprint density at radius 1 is 1.69 bits per heavy atom. The Hall–Kier alpha value is -0.940. The molecule has 0 amide bonds. The van der Waals surface area contributed by atoms with Crippen LogP contribution in [0.1, 0.15) is 5.56 Å². The van der Waals surface area contributed by atoms with Crippen LogP contribution in [0, 0.1) is 10.1 Å². The van der Waals surface area contributed by atoms with E-state index in [4.69, 9.17) is 11.6 Å². The van der Waals surface area contributed by atoms with Crippen LogP contribution in [0.3, 0.4) is 0 Å². The fourth-order valence-corrected chi connectivity index (χ4v) is 1.21. The van der Waals surface area contributed by atoms with Crippen molar-refractivity contribution in [2.24, 2.45) is 0 Å². The fraction of sp³-hybridized carbons (Fsp3) is 0. The molecule has 0 atom stereocenters. The molecular weight excluding hydrogens is 259 g/mol. The molecular formula is C7H4BrClN2O2. The van der Waals surface area contributed by atoms with Gasteiger partial charge < -0.3 is 0 Å². The first-order valence-electron chi connectivity index (χ1n) is 3.22. The van der Waals surface area contributed by atoms with Crippen molar-refractivity contribution in [1.29, 1.82) is 0 Å². The average Bonchev–Trinajstić information content (AvgIpc) is 2.06. The first-order chi connectivity index (χ1) is 6.09. The number of hydrogen-bond donors (Lipinski definition) is 0.